The van der Waals surface area contributed by atoms with Crippen LogP contribution in [0.5, 0.6) is 0 Å². The number of morpholine rings is 1. The molecule has 0 aromatic heterocycles. The Morgan fingerprint density at radius 1 is 1.08 bits per heavy atom. The zero-order valence-electron chi connectivity index (χ0n) is 14.5. The van der Waals surface area contributed by atoms with E-state index >= 15 is 0 Å². The minimum absolute atomic E-state index is 0.0471. The Kier molecular flexibility index (Phi) is 3.84. The molecule has 0 radical (unpaired) electrons. The van der Waals surface area contributed by atoms with E-state index in [9.17, 15) is 9.90 Å². The fourth-order valence-electron chi connectivity index (χ4n) is 5.38. The van der Waals surface area contributed by atoms with E-state index in [1.807, 2.05) is 0 Å². The van der Waals surface area contributed by atoms with Crippen LogP contribution in [0, 0.1) is 11.8 Å². The molecule has 3 fully saturated rings. The van der Waals surface area contributed by atoms with Crippen LogP contribution in [0.15, 0.2) is 24.3 Å². The SMILES string of the molecule is O=C(C1CC(O)C1)N1C[C@H]2[C@@H](C1)c1ccccc1[C@@H]2N1CCOCC1. The van der Waals surface area contributed by atoms with Crippen molar-refractivity contribution in [3.05, 3.63) is 35.4 Å². The number of benzene rings is 1. The summed E-state index contributed by atoms with van der Waals surface area (Å²) in [6.07, 6.45) is 1.03. The van der Waals surface area contributed by atoms with Crippen molar-refractivity contribution >= 4 is 5.91 Å². The molecule has 4 aliphatic rings. The van der Waals surface area contributed by atoms with Gasteiger partial charge in [0.2, 0.25) is 5.91 Å². The number of rotatable bonds is 2. The van der Waals surface area contributed by atoms with Crippen molar-refractivity contribution in [3.63, 3.8) is 0 Å². The number of aliphatic hydroxyl groups is 1. The number of likely N-dealkylation sites (tertiary alicyclic amines) is 1. The van der Waals surface area contributed by atoms with Gasteiger partial charge in [-0.05, 0) is 24.0 Å². The molecule has 5 nitrogen and oxygen atoms in total. The lowest BCUT2D eigenvalue weighted by molar-refractivity contribution is -0.141. The van der Waals surface area contributed by atoms with Gasteiger partial charge < -0.3 is 14.7 Å². The highest BCUT2D eigenvalue weighted by atomic mass is 16.5. The first-order valence-electron chi connectivity index (χ1n) is 9.60. The van der Waals surface area contributed by atoms with E-state index in [1.54, 1.807) is 0 Å². The van der Waals surface area contributed by atoms with E-state index in [0.29, 0.717) is 30.7 Å². The van der Waals surface area contributed by atoms with Gasteiger partial charge in [0, 0.05) is 50.0 Å². The Morgan fingerprint density at radius 3 is 2.52 bits per heavy atom. The summed E-state index contributed by atoms with van der Waals surface area (Å²) in [6.45, 7) is 5.26. The monoisotopic (exact) mass is 342 g/mol. The summed E-state index contributed by atoms with van der Waals surface area (Å²) in [4.78, 5) is 17.4. The molecule has 0 spiro atoms. The summed E-state index contributed by atoms with van der Waals surface area (Å²) in [5.74, 6) is 1.26. The zero-order valence-corrected chi connectivity index (χ0v) is 14.5. The summed E-state index contributed by atoms with van der Waals surface area (Å²) in [6, 6.07) is 9.22. The van der Waals surface area contributed by atoms with E-state index in [0.717, 1.165) is 39.4 Å². The molecule has 1 N–H and O–H groups in total. The maximum Gasteiger partial charge on any atom is 0.225 e. The van der Waals surface area contributed by atoms with Gasteiger partial charge in [-0.15, -0.1) is 0 Å². The first-order chi connectivity index (χ1) is 12.2. The van der Waals surface area contributed by atoms with Gasteiger partial charge in [0.05, 0.1) is 19.3 Å². The zero-order chi connectivity index (χ0) is 17.0. The minimum atomic E-state index is -0.266. The molecule has 1 aromatic carbocycles. The van der Waals surface area contributed by atoms with Crippen LogP contribution in [0.3, 0.4) is 0 Å². The normalized spacial score (nSPS) is 37.5. The molecule has 2 aliphatic heterocycles. The van der Waals surface area contributed by atoms with Crippen molar-refractivity contribution in [2.75, 3.05) is 39.4 Å². The number of ether oxygens (including phenoxy) is 1. The van der Waals surface area contributed by atoms with Crippen LogP contribution in [0.25, 0.3) is 0 Å². The van der Waals surface area contributed by atoms with Gasteiger partial charge in [0.25, 0.3) is 0 Å². The largest absolute Gasteiger partial charge is 0.393 e. The van der Waals surface area contributed by atoms with E-state index < -0.39 is 0 Å². The van der Waals surface area contributed by atoms with Crippen molar-refractivity contribution < 1.29 is 14.6 Å². The number of hydrogen-bond acceptors (Lipinski definition) is 4. The lowest BCUT2D eigenvalue weighted by atomic mass is 9.81. The number of fused-ring (bicyclic) bond motifs is 3. The van der Waals surface area contributed by atoms with Crippen molar-refractivity contribution in [1.29, 1.82) is 0 Å². The van der Waals surface area contributed by atoms with Crippen molar-refractivity contribution in [3.8, 4) is 0 Å². The topological polar surface area (TPSA) is 53.0 Å². The number of nitrogens with zero attached hydrogens (tertiary/aromatic N) is 2. The summed E-state index contributed by atoms with van der Waals surface area (Å²) in [5.41, 5.74) is 2.90. The Balaban J connectivity index is 1.40. The summed E-state index contributed by atoms with van der Waals surface area (Å²) >= 11 is 0. The van der Waals surface area contributed by atoms with Crippen LogP contribution >= 0.6 is 0 Å². The average Bonchev–Trinajstić information content (AvgIpc) is 3.16. The first kappa shape index (κ1) is 15.8. The van der Waals surface area contributed by atoms with Crippen molar-refractivity contribution in [1.82, 2.24) is 9.80 Å². The molecule has 2 aliphatic carbocycles. The van der Waals surface area contributed by atoms with Crippen molar-refractivity contribution in [2.24, 2.45) is 11.8 Å². The number of carbonyl (C=O) groups is 1. The average molecular weight is 342 g/mol. The smallest absolute Gasteiger partial charge is 0.225 e. The molecule has 2 saturated heterocycles. The van der Waals surface area contributed by atoms with Gasteiger partial charge >= 0.3 is 0 Å². The molecule has 134 valence electrons. The summed E-state index contributed by atoms with van der Waals surface area (Å²) in [5, 5.41) is 9.52. The molecular weight excluding hydrogens is 316 g/mol. The second kappa shape index (κ2) is 6.08. The molecule has 3 atom stereocenters. The Labute approximate surface area is 148 Å². The molecule has 0 unspecified atom stereocenters. The molecule has 1 saturated carbocycles. The number of carbonyl (C=O) groups excluding carboxylic acids is 1. The predicted octanol–water partition coefficient (Wildman–Crippen LogP) is 1.39. The fraction of sp³-hybridized carbons (Fsp3) is 0.650. The summed E-state index contributed by atoms with van der Waals surface area (Å²) in [7, 11) is 0. The van der Waals surface area contributed by atoms with Crippen molar-refractivity contribution in [2.45, 2.75) is 30.9 Å². The molecule has 1 amide bonds. The predicted molar refractivity (Wildman–Crippen MR) is 93.1 cm³/mol. The van der Waals surface area contributed by atoms with E-state index in [4.69, 9.17) is 4.74 Å². The minimum Gasteiger partial charge on any atom is -0.393 e. The van der Waals surface area contributed by atoms with Crippen LogP contribution in [-0.4, -0.2) is 66.3 Å². The third-order valence-corrected chi connectivity index (χ3v) is 6.70. The third kappa shape index (κ3) is 2.52. The highest BCUT2D eigenvalue weighted by molar-refractivity contribution is 5.80. The standard InChI is InChI=1S/C20H26N2O3/c23-14-9-13(10-14)20(24)22-11-17-15-3-1-2-4-16(15)19(18(17)12-22)21-5-7-25-8-6-21/h1-4,13-14,17-19,23H,5-12H2/t13?,14?,17-,18-,19-/m0/s1. The third-order valence-electron chi connectivity index (χ3n) is 6.70. The van der Waals surface area contributed by atoms with Crippen LogP contribution < -0.4 is 0 Å². The lowest BCUT2D eigenvalue weighted by Crippen LogP contribution is -2.44. The molecule has 2 heterocycles. The highest BCUT2D eigenvalue weighted by Gasteiger charge is 2.50. The number of aliphatic hydroxyl groups excluding tert-OH is 1. The van der Waals surface area contributed by atoms with Gasteiger partial charge in [-0.1, -0.05) is 24.3 Å². The maximum atomic E-state index is 12.8. The molecule has 5 rings (SSSR count). The molecule has 5 heteroatoms. The van der Waals surface area contributed by atoms with Gasteiger partial charge in [-0.3, -0.25) is 9.69 Å². The number of amides is 1. The summed E-state index contributed by atoms with van der Waals surface area (Å²) < 4.78 is 5.55. The molecule has 25 heavy (non-hydrogen) atoms. The molecule has 1 aromatic rings. The van der Waals surface area contributed by atoms with Gasteiger partial charge in [0.15, 0.2) is 0 Å². The second-order valence-corrected chi connectivity index (χ2v) is 8.06. The van der Waals surface area contributed by atoms with Gasteiger partial charge in [0.1, 0.15) is 0 Å². The second-order valence-electron chi connectivity index (χ2n) is 8.06. The Morgan fingerprint density at radius 2 is 1.80 bits per heavy atom. The molecular formula is C20H26N2O3. The molecule has 0 bridgehead atoms. The van der Waals surface area contributed by atoms with Gasteiger partial charge in [-0.2, -0.15) is 0 Å². The lowest BCUT2D eigenvalue weighted by Gasteiger charge is -2.37. The van der Waals surface area contributed by atoms with E-state index in [1.165, 1.54) is 11.1 Å². The first-order valence-corrected chi connectivity index (χ1v) is 9.60. The van der Waals surface area contributed by atoms with E-state index in [-0.39, 0.29) is 17.9 Å². The fourth-order valence-corrected chi connectivity index (χ4v) is 5.38. The van der Waals surface area contributed by atoms with Crippen LogP contribution in [0.1, 0.15) is 35.9 Å². The van der Waals surface area contributed by atoms with Crippen LogP contribution in [-0.2, 0) is 9.53 Å². The quantitative estimate of drug-likeness (QED) is 0.882. The number of hydrogen-bond donors (Lipinski definition) is 1. The van der Waals surface area contributed by atoms with Crippen LogP contribution in [0.2, 0.25) is 0 Å². The maximum absolute atomic E-state index is 12.8. The van der Waals surface area contributed by atoms with E-state index in [2.05, 4.69) is 34.1 Å². The Bertz CT molecular complexity index is 667. The van der Waals surface area contributed by atoms with Crippen LogP contribution in [0.4, 0.5) is 0 Å². The highest BCUT2D eigenvalue weighted by Crippen LogP contribution is 2.52. The van der Waals surface area contributed by atoms with Gasteiger partial charge in [-0.25, -0.2) is 0 Å². The Hall–Kier alpha value is -1.43.